The molecule has 8 atom stereocenters. The maximum atomic E-state index is 12.1. The van der Waals surface area contributed by atoms with Crippen molar-refractivity contribution in [1.82, 2.24) is 10.7 Å². The fraction of sp³-hybridized carbons (Fsp3) is 0.893. The van der Waals surface area contributed by atoms with E-state index in [1.54, 1.807) is 6.20 Å². The molecule has 7 N–H and O–H groups in total. The second kappa shape index (κ2) is 14.3. The van der Waals surface area contributed by atoms with Crippen LogP contribution in [0.25, 0.3) is 0 Å². The zero-order valence-corrected chi connectivity index (χ0v) is 23.7. The van der Waals surface area contributed by atoms with E-state index in [9.17, 15) is 4.79 Å². The maximum Gasteiger partial charge on any atom is 0.220 e. The lowest BCUT2D eigenvalue weighted by atomic mass is 9.48. The van der Waals surface area contributed by atoms with Crippen molar-refractivity contribution in [2.45, 2.75) is 97.5 Å². The van der Waals surface area contributed by atoms with Crippen LogP contribution in [0.15, 0.2) is 11.9 Å². The molecule has 0 spiro atoms. The third kappa shape index (κ3) is 7.78. The number of hydrogen-bond acceptors (Lipinski definition) is 7. The first-order valence-electron chi connectivity index (χ1n) is 14.4. The van der Waals surface area contributed by atoms with Crippen LogP contribution in [0.3, 0.4) is 0 Å². The van der Waals surface area contributed by atoms with Crippen LogP contribution in [0.5, 0.6) is 0 Å². The summed E-state index contributed by atoms with van der Waals surface area (Å²) in [5.74, 6) is 10.7. The molecule has 208 valence electrons. The van der Waals surface area contributed by atoms with Crippen LogP contribution >= 0.6 is 12.0 Å². The first kappa shape index (κ1) is 29.6. The van der Waals surface area contributed by atoms with Gasteiger partial charge in [0.15, 0.2) is 0 Å². The molecule has 0 bridgehead atoms. The van der Waals surface area contributed by atoms with Gasteiger partial charge in [0.1, 0.15) is 0 Å². The van der Waals surface area contributed by atoms with Crippen molar-refractivity contribution in [3.05, 3.63) is 11.9 Å². The lowest BCUT2D eigenvalue weighted by molar-refractivity contribution is -0.121. The SMILES string of the molecule is CC[C@H]1C2CCC3C[C@H](OC/C(N)=C/NN)CCC3[C@H]2CC[C@]1(C)C[C@H](C)CCC(=O)NCCSO. The van der Waals surface area contributed by atoms with Crippen molar-refractivity contribution in [3.63, 3.8) is 0 Å². The van der Waals surface area contributed by atoms with Crippen LogP contribution in [0.4, 0.5) is 0 Å². The Balaban J connectivity index is 1.52. The number of nitrogens with two attached hydrogens (primary N) is 2. The average Bonchev–Trinajstić information content (AvgIpc) is 2.86. The second-order valence-corrected chi connectivity index (χ2v) is 12.9. The monoisotopic (exact) mass is 524 g/mol. The Bertz CT molecular complexity index is 723. The molecule has 0 heterocycles. The summed E-state index contributed by atoms with van der Waals surface area (Å²) < 4.78 is 15.0. The highest BCUT2D eigenvalue weighted by atomic mass is 32.2. The Hall–Kier alpha value is -0.960. The smallest absolute Gasteiger partial charge is 0.220 e. The normalized spacial score (nSPS) is 35.4. The van der Waals surface area contributed by atoms with Gasteiger partial charge in [-0.1, -0.05) is 27.2 Å². The van der Waals surface area contributed by atoms with Crippen LogP contribution in [-0.2, 0) is 9.53 Å². The van der Waals surface area contributed by atoms with Gasteiger partial charge in [0.2, 0.25) is 5.91 Å². The summed E-state index contributed by atoms with van der Waals surface area (Å²) in [5.41, 5.74) is 9.45. The zero-order valence-electron chi connectivity index (χ0n) is 22.8. The topological polar surface area (TPSA) is 123 Å². The summed E-state index contributed by atoms with van der Waals surface area (Å²) >= 11 is 0.781. The largest absolute Gasteiger partial charge is 0.399 e. The molecule has 1 amide bonds. The standard InChI is InChI=1S/C28H52N4O3S/c1-4-26-25-8-6-20-15-22(35-18-21(29)17-32-30)7-9-23(20)24(25)11-12-28(26,3)16-19(2)5-10-27(33)31-13-14-36-34/h17,19-20,22-26,32,34H,4-16,18,29-30H2,1-3H3,(H,31,33)/b21-17-/t19-,20?,22-,23?,24-,25?,26+,28-/m1/s1. The number of amides is 1. The van der Waals surface area contributed by atoms with Gasteiger partial charge in [-0.3, -0.25) is 10.6 Å². The lowest BCUT2D eigenvalue weighted by Gasteiger charge is -2.57. The predicted molar refractivity (Wildman–Crippen MR) is 149 cm³/mol. The van der Waals surface area contributed by atoms with Gasteiger partial charge in [-0.15, -0.1) is 0 Å². The van der Waals surface area contributed by atoms with Gasteiger partial charge in [-0.25, -0.2) is 0 Å². The molecule has 3 rings (SSSR count). The summed E-state index contributed by atoms with van der Waals surface area (Å²) in [6.07, 6.45) is 15.0. The van der Waals surface area contributed by atoms with Crippen LogP contribution in [0.2, 0.25) is 0 Å². The molecular weight excluding hydrogens is 472 g/mol. The minimum Gasteiger partial charge on any atom is -0.399 e. The van der Waals surface area contributed by atoms with Gasteiger partial charge in [-0.2, -0.15) is 0 Å². The van der Waals surface area contributed by atoms with Crippen LogP contribution in [0.1, 0.15) is 91.4 Å². The van der Waals surface area contributed by atoms with Crippen molar-refractivity contribution in [1.29, 1.82) is 0 Å². The molecule has 0 saturated heterocycles. The van der Waals surface area contributed by atoms with Gasteiger partial charge in [-0.05, 0) is 111 Å². The van der Waals surface area contributed by atoms with E-state index in [0.717, 1.165) is 54.5 Å². The molecule has 0 aliphatic heterocycles. The fourth-order valence-electron chi connectivity index (χ4n) is 8.37. The Morgan fingerprint density at radius 1 is 1.22 bits per heavy atom. The van der Waals surface area contributed by atoms with E-state index < -0.39 is 0 Å². The number of rotatable bonds is 13. The predicted octanol–water partition coefficient (Wildman–Crippen LogP) is 5.03. The molecule has 36 heavy (non-hydrogen) atoms. The van der Waals surface area contributed by atoms with Crippen LogP contribution < -0.4 is 22.3 Å². The Labute approximate surface area is 223 Å². The van der Waals surface area contributed by atoms with Crippen molar-refractivity contribution in [2.24, 2.45) is 52.5 Å². The molecular formula is C28H52N4O3S. The molecule has 0 aromatic rings. The lowest BCUT2D eigenvalue weighted by Crippen LogP contribution is -2.49. The number of hydrogen-bond donors (Lipinski definition) is 5. The van der Waals surface area contributed by atoms with Crippen LogP contribution in [-0.4, -0.2) is 35.5 Å². The number of nitrogens with one attached hydrogen (secondary N) is 2. The molecule has 0 radical (unpaired) electrons. The molecule has 3 aliphatic carbocycles. The molecule has 3 saturated carbocycles. The molecule has 8 heteroatoms. The third-order valence-electron chi connectivity index (χ3n) is 9.81. The second-order valence-electron chi connectivity index (χ2n) is 12.2. The molecule has 3 unspecified atom stereocenters. The molecule has 0 aromatic heterocycles. The van der Waals surface area contributed by atoms with E-state index in [0.29, 0.717) is 48.5 Å². The molecule has 0 aromatic carbocycles. The van der Waals surface area contributed by atoms with Gasteiger partial charge in [0.25, 0.3) is 0 Å². The van der Waals surface area contributed by atoms with Crippen molar-refractivity contribution >= 4 is 17.9 Å². The average molecular weight is 525 g/mol. The van der Waals surface area contributed by atoms with E-state index in [4.69, 9.17) is 20.9 Å². The Kier molecular flexibility index (Phi) is 11.7. The number of carbonyl (C=O) groups excluding carboxylic acids is 1. The summed E-state index contributed by atoms with van der Waals surface area (Å²) in [6, 6.07) is 0. The molecule has 3 fully saturated rings. The summed E-state index contributed by atoms with van der Waals surface area (Å²) in [7, 11) is 0. The van der Waals surface area contributed by atoms with Gasteiger partial charge < -0.3 is 25.8 Å². The number of hydrazine groups is 1. The quantitative estimate of drug-likeness (QED) is 0.0991. The number of carbonyl (C=O) groups is 1. The van der Waals surface area contributed by atoms with E-state index in [2.05, 4.69) is 31.5 Å². The van der Waals surface area contributed by atoms with Crippen molar-refractivity contribution in [3.8, 4) is 0 Å². The molecule has 7 nitrogen and oxygen atoms in total. The van der Waals surface area contributed by atoms with Gasteiger partial charge in [0.05, 0.1) is 18.4 Å². The fourth-order valence-corrected chi connectivity index (χ4v) is 8.56. The van der Waals surface area contributed by atoms with E-state index >= 15 is 0 Å². The highest BCUT2D eigenvalue weighted by molar-refractivity contribution is 7.93. The third-order valence-corrected chi connectivity index (χ3v) is 10.2. The van der Waals surface area contributed by atoms with Crippen LogP contribution in [0, 0.1) is 40.9 Å². The van der Waals surface area contributed by atoms with Crippen molar-refractivity contribution in [2.75, 3.05) is 18.9 Å². The van der Waals surface area contributed by atoms with E-state index in [1.807, 2.05) is 0 Å². The highest BCUT2D eigenvalue weighted by Gasteiger charge is 2.51. The summed E-state index contributed by atoms with van der Waals surface area (Å²) in [6.45, 7) is 8.30. The Morgan fingerprint density at radius 3 is 2.72 bits per heavy atom. The van der Waals surface area contributed by atoms with E-state index in [-0.39, 0.29) is 5.91 Å². The maximum absolute atomic E-state index is 12.1. The minimum absolute atomic E-state index is 0.115. The number of fused-ring (bicyclic) bond motifs is 3. The van der Waals surface area contributed by atoms with Gasteiger partial charge in [0, 0.05) is 24.9 Å². The first-order chi connectivity index (χ1) is 17.3. The van der Waals surface area contributed by atoms with Gasteiger partial charge >= 0.3 is 0 Å². The first-order valence-corrected chi connectivity index (χ1v) is 15.3. The van der Waals surface area contributed by atoms with E-state index in [1.165, 1.54) is 51.4 Å². The zero-order chi connectivity index (χ0) is 26.1. The minimum atomic E-state index is 0.115. The number of ether oxygens (including phenoxy) is 1. The Morgan fingerprint density at radius 2 is 2.00 bits per heavy atom. The van der Waals surface area contributed by atoms with Crippen molar-refractivity contribution < 1.29 is 14.1 Å². The summed E-state index contributed by atoms with van der Waals surface area (Å²) in [4.78, 5) is 12.1. The molecule has 3 aliphatic rings. The highest BCUT2D eigenvalue weighted by Crippen LogP contribution is 2.60. The summed E-state index contributed by atoms with van der Waals surface area (Å²) in [5, 5.41) is 2.91.